The number of hydrogen-bond donors (Lipinski definition) is 1. The number of nitro benzene ring substituents is 1. The fraction of sp³-hybridized carbons (Fsp3) is 0.333. The molecular formula is C30H34Cl2N4O7S. The van der Waals surface area contributed by atoms with E-state index in [1.54, 1.807) is 30.3 Å². The van der Waals surface area contributed by atoms with E-state index in [0.717, 1.165) is 34.7 Å². The second-order valence-corrected chi connectivity index (χ2v) is 12.7. The molecule has 3 rings (SSSR count). The molecule has 14 heteroatoms. The van der Waals surface area contributed by atoms with Crippen molar-refractivity contribution in [2.45, 2.75) is 38.8 Å². The third kappa shape index (κ3) is 9.07. The first-order chi connectivity index (χ1) is 20.9. The molecule has 0 saturated heterocycles. The summed E-state index contributed by atoms with van der Waals surface area (Å²) in [5.41, 5.74) is 0.508. The molecule has 0 aliphatic heterocycles. The molecule has 11 nitrogen and oxygen atoms in total. The Kier molecular flexibility index (Phi) is 12.4. The maximum Gasteiger partial charge on any atom is 0.271 e. The summed E-state index contributed by atoms with van der Waals surface area (Å²) in [5, 5.41) is 14.9. The highest BCUT2D eigenvalue weighted by molar-refractivity contribution is 7.92. The van der Waals surface area contributed by atoms with Crippen LogP contribution >= 0.6 is 23.2 Å². The number of carbonyl (C=O) groups excluding carboxylic acids is 2. The fourth-order valence-corrected chi connectivity index (χ4v) is 5.86. The Morgan fingerprint density at radius 3 is 2.27 bits per heavy atom. The molecule has 0 bridgehead atoms. The van der Waals surface area contributed by atoms with Gasteiger partial charge in [-0.05, 0) is 30.2 Å². The van der Waals surface area contributed by atoms with Crippen LogP contribution in [0.3, 0.4) is 0 Å². The van der Waals surface area contributed by atoms with E-state index in [2.05, 4.69) is 5.32 Å². The highest BCUT2D eigenvalue weighted by Gasteiger charge is 2.34. The lowest BCUT2D eigenvalue weighted by Gasteiger charge is -2.34. The quantitative estimate of drug-likeness (QED) is 0.133. The third-order valence-corrected chi connectivity index (χ3v) is 8.65. The van der Waals surface area contributed by atoms with Crippen LogP contribution in [-0.4, -0.2) is 62.6 Å². The number of nitro groups is 1. The van der Waals surface area contributed by atoms with E-state index in [1.807, 2.05) is 25.1 Å². The molecular weight excluding hydrogens is 631 g/mol. The average molecular weight is 666 g/mol. The number of anilines is 1. The zero-order valence-corrected chi connectivity index (χ0v) is 26.9. The molecule has 0 saturated carbocycles. The number of sulfonamides is 1. The molecule has 44 heavy (non-hydrogen) atoms. The Morgan fingerprint density at radius 2 is 1.70 bits per heavy atom. The number of carbonyl (C=O) groups is 2. The van der Waals surface area contributed by atoms with E-state index in [0.29, 0.717) is 18.5 Å². The van der Waals surface area contributed by atoms with Crippen molar-refractivity contribution < 1.29 is 27.7 Å². The second-order valence-electron chi connectivity index (χ2n) is 9.95. The number of benzene rings is 3. The number of non-ortho nitro benzene ring substituents is 1. The van der Waals surface area contributed by atoms with Gasteiger partial charge in [0.1, 0.15) is 24.0 Å². The predicted molar refractivity (Wildman–Crippen MR) is 171 cm³/mol. The minimum Gasteiger partial charge on any atom is -0.495 e. The van der Waals surface area contributed by atoms with Crippen LogP contribution in [0.25, 0.3) is 0 Å². The van der Waals surface area contributed by atoms with Crippen molar-refractivity contribution in [3.05, 3.63) is 98.0 Å². The first kappa shape index (κ1) is 34.6. The smallest absolute Gasteiger partial charge is 0.271 e. The van der Waals surface area contributed by atoms with Crippen LogP contribution in [-0.2, 0) is 32.6 Å². The van der Waals surface area contributed by atoms with Crippen LogP contribution in [0, 0.1) is 10.1 Å². The highest BCUT2D eigenvalue weighted by Crippen LogP contribution is 2.34. The average Bonchev–Trinajstić information content (AvgIpc) is 2.98. The Hall–Kier alpha value is -3.87. The number of ether oxygens (including phenoxy) is 1. The molecule has 2 amide bonds. The summed E-state index contributed by atoms with van der Waals surface area (Å²) in [7, 11) is -2.93. The standard InChI is InChI=1S/C30H34Cl2N4O7S/c1-4-5-16-33-30(38)27(17-21-10-7-6-8-11-21)34(19-23-24(31)12-9-13-25(23)32)29(37)20-35(44(3,41)42)26-18-22(36(39)40)14-15-28(26)43-2/h6-15,18,27H,4-5,16-17,19-20H2,1-3H3,(H,33,38)/t27-/m0/s1. The van der Waals surface area contributed by atoms with Crippen molar-refractivity contribution in [2.75, 3.05) is 30.8 Å². The topological polar surface area (TPSA) is 139 Å². The summed E-state index contributed by atoms with van der Waals surface area (Å²) in [4.78, 5) is 40.0. The van der Waals surface area contributed by atoms with Gasteiger partial charge >= 0.3 is 0 Å². The molecule has 0 unspecified atom stereocenters. The van der Waals surface area contributed by atoms with Crippen LogP contribution in [0.4, 0.5) is 11.4 Å². The number of methoxy groups -OCH3 is 1. The first-order valence-electron chi connectivity index (χ1n) is 13.7. The summed E-state index contributed by atoms with van der Waals surface area (Å²) in [6, 6.07) is 16.2. The summed E-state index contributed by atoms with van der Waals surface area (Å²) in [6.45, 7) is 1.33. The lowest BCUT2D eigenvalue weighted by Crippen LogP contribution is -2.53. The fourth-order valence-electron chi connectivity index (χ4n) is 4.50. The predicted octanol–water partition coefficient (Wildman–Crippen LogP) is 5.23. The van der Waals surface area contributed by atoms with Gasteiger partial charge in [-0.25, -0.2) is 8.42 Å². The van der Waals surface area contributed by atoms with Crippen LogP contribution < -0.4 is 14.4 Å². The van der Waals surface area contributed by atoms with E-state index >= 15 is 0 Å². The van der Waals surface area contributed by atoms with Gasteiger partial charge in [0.2, 0.25) is 21.8 Å². The van der Waals surface area contributed by atoms with Gasteiger partial charge in [0.15, 0.2) is 0 Å². The van der Waals surface area contributed by atoms with Gasteiger partial charge in [0, 0.05) is 47.3 Å². The maximum atomic E-state index is 14.3. The molecule has 0 spiro atoms. The normalized spacial score (nSPS) is 11.8. The number of nitrogens with one attached hydrogen (secondary N) is 1. The Bertz CT molecular complexity index is 1570. The molecule has 0 aliphatic carbocycles. The number of hydrogen-bond acceptors (Lipinski definition) is 7. The summed E-state index contributed by atoms with van der Waals surface area (Å²) < 4.78 is 32.2. The number of nitrogens with zero attached hydrogens (tertiary/aromatic N) is 3. The van der Waals surface area contributed by atoms with Gasteiger partial charge in [-0.15, -0.1) is 0 Å². The maximum absolute atomic E-state index is 14.3. The first-order valence-corrected chi connectivity index (χ1v) is 16.3. The molecule has 0 aliphatic rings. The Balaban J connectivity index is 2.15. The van der Waals surface area contributed by atoms with E-state index in [1.165, 1.54) is 18.1 Å². The summed E-state index contributed by atoms with van der Waals surface area (Å²) in [5.74, 6) is -1.23. The Labute approximate surface area is 266 Å². The van der Waals surface area contributed by atoms with Gasteiger partial charge < -0.3 is 15.0 Å². The van der Waals surface area contributed by atoms with Crippen LogP contribution in [0.15, 0.2) is 66.7 Å². The van der Waals surface area contributed by atoms with Crippen LogP contribution in [0.1, 0.15) is 30.9 Å². The monoisotopic (exact) mass is 664 g/mol. The van der Waals surface area contributed by atoms with Gasteiger partial charge in [-0.2, -0.15) is 0 Å². The number of amides is 2. The zero-order valence-electron chi connectivity index (χ0n) is 24.5. The van der Waals surface area contributed by atoms with Crippen molar-refractivity contribution in [1.29, 1.82) is 0 Å². The molecule has 0 fully saturated rings. The second kappa shape index (κ2) is 15.7. The van der Waals surface area contributed by atoms with Gasteiger partial charge in [0.25, 0.3) is 5.69 Å². The number of unbranched alkanes of at least 4 members (excludes halogenated alkanes) is 1. The molecule has 3 aromatic rings. The van der Waals surface area contributed by atoms with Crippen LogP contribution in [0.2, 0.25) is 10.0 Å². The zero-order chi connectivity index (χ0) is 32.4. The van der Waals surface area contributed by atoms with Crippen molar-refractivity contribution >= 4 is 56.4 Å². The molecule has 1 N–H and O–H groups in total. The summed E-state index contributed by atoms with van der Waals surface area (Å²) >= 11 is 13.0. The molecule has 0 radical (unpaired) electrons. The molecule has 1 atom stereocenters. The van der Waals surface area contributed by atoms with Gasteiger partial charge in [-0.1, -0.05) is 72.9 Å². The Morgan fingerprint density at radius 1 is 1.05 bits per heavy atom. The molecule has 0 aromatic heterocycles. The van der Waals surface area contributed by atoms with Gasteiger partial charge in [-0.3, -0.25) is 24.0 Å². The van der Waals surface area contributed by atoms with E-state index in [9.17, 15) is 28.1 Å². The van der Waals surface area contributed by atoms with E-state index in [-0.39, 0.29) is 34.4 Å². The van der Waals surface area contributed by atoms with Crippen molar-refractivity contribution in [2.24, 2.45) is 0 Å². The van der Waals surface area contributed by atoms with Crippen molar-refractivity contribution in [3.63, 3.8) is 0 Å². The minimum atomic E-state index is -4.20. The SMILES string of the molecule is CCCCNC(=O)[C@H](Cc1ccccc1)N(Cc1c(Cl)cccc1Cl)C(=O)CN(c1cc([N+](=O)[O-])ccc1OC)S(C)(=O)=O. The number of halogens is 2. The molecule has 0 heterocycles. The largest absolute Gasteiger partial charge is 0.495 e. The lowest BCUT2D eigenvalue weighted by atomic mass is 10.0. The van der Waals surface area contributed by atoms with E-state index < -0.39 is 45.0 Å². The molecule has 3 aromatic carbocycles. The minimum absolute atomic E-state index is 0.00679. The number of rotatable bonds is 15. The van der Waals surface area contributed by atoms with Crippen molar-refractivity contribution in [3.8, 4) is 5.75 Å². The summed E-state index contributed by atoms with van der Waals surface area (Å²) in [6.07, 6.45) is 2.51. The third-order valence-electron chi connectivity index (χ3n) is 6.81. The van der Waals surface area contributed by atoms with Crippen LogP contribution in [0.5, 0.6) is 5.75 Å². The molecule has 236 valence electrons. The van der Waals surface area contributed by atoms with E-state index in [4.69, 9.17) is 27.9 Å². The van der Waals surface area contributed by atoms with Gasteiger partial charge in [0.05, 0.1) is 18.3 Å². The highest BCUT2D eigenvalue weighted by atomic mass is 35.5. The lowest BCUT2D eigenvalue weighted by molar-refractivity contribution is -0.384. The van der Waals surface area contributed by atoms with Crippen molar-refractivity contribution in [1.82, 2.24) is 10.2 Å².